The number of hydrogen-bond donors (Lipinski definition) is 1. The van der Waals surface area contributed by atoms with Crippen LogP contribution in [0.1, 0.15) is 37.7 Å². The Morgan fingerprint density at radius 1 is 1.21 bits per heavy atom. The second kappa shape index (κ2) is 7.66. The molecule has 132 valence electrons. The van der Waals surface area contributed by atoms with Crippen LogP contribution < -0.4 is 5.32 Å². The molecule has 6 heteroatoms. The number of piperazine rings is 1. The van der Waals surface area contributed by atoms with Crippen LogP contribution >= 0.6 is 11.3 Å². The Labute approximate surface area is 148 Å². The van der Waals surface area contributed by atoms with Crippen LogP contribution in [0.5, 0.6) is 0 Å². The maximum Gasteiger partial charge on any atom is 0.248 e. The summed E-state index contributed by atoms with van der Waals surface area (Å²) in [6.45, 7) is 3.35. The second-order valence-electron chi connectivity index (χ2n) is 7.06. The summed E-state index contributed by atoms with van der Waals surface area (Å²) in [6, 6.07) is 2.05. The topological polar surface area (TPSA) is 52.6 Å². The van der Waals surface area contributed by atoms with Gasteiger partial charge < -0.3 is 15.1 Å². The minimum absolute atomic E-state index is 0.00516. The van der Waals surface area contributed by atoms with Crippen LogP contribution in [0.3, 0.4) is 0 Å². The van der Waals surface area contributed by atoms with E-state index in [0.29, 0.717) is 6.42 Å². The zero-order valence-corrected chi connectivity index (χ0v) is 15.2. The van der Waals surface area contributed by atoms with Gasteiger partial charge in [-0.15, -0.1) is 0 Å². The summed E-state index contributed by atoms with van der Waals surface area (Å²) in [7, 11) is 2.08. The third kappa shape index (κ3) is 3.98. The largest absolute Gasteiger partial charge is 0.342 e. The maximum absolute atomic E-state index is 13.1. The predicted molar refractivity (Wildman–Crippen MR) is 96.1 cm³/mol. The summed E-state index contributed by atoms with van der Waals surface area (Å²) >= 11 is 1.65. The Balaban J connectivity index is 1.60. The first-order valence-electron chi connectivity index (χ1n) is 8.89. The third-order valence-corrected chi connectivity index (χ3v) is 5.99. The highest BCUT2D eigenvalue weighted by Gasteiger charge is 2.44. The molecular weight excluding hydrogens is 322 g/mol. The van der Waals surface area contributed by atoms with E-state index in [-0.39, 0.29) is 11.8 Å². The lowest BCUT2D eigenvalue weighted by atomic mass is 9.94. The number of rotatable bonds is 5. The highest BCUT2D eigenvalue weighted by Crippen LogP contribution is 2.32. The van der Waals surface area contributed by atoms with Crippen molar-refractivity contribution in [3.8, 4) is 0 Å². The third-order valence-electron chi connectivity index (χ3n) is 5.26. The van der Waals surface area contributed by atoms with Crippen LogP contribution in [0.25, 0.3) is 0 Å². The normalized spacial score (nSPS) is 21.0. The molecule has 0 radical (unpaired) electrons. The first kappa shape index (κ1) is 17.4. The molecule has 0 bridgehead atoms. The van der Waals surface area contributed by atoms with Gasteiger partial charge in [-0.2, -0.15) is 11.3 Å². The molecule has 5 nitrogen and oxygen atoms in total. The van der Waals surface area contributed by atoms with Gasteiger partial charge in [0.25, 0.3) is 0 Å². The SMILES string of the molecule is CN1CCN(C(=O)C2(NC(=O)CCc3ccsc3)CCCC2)CC1. The molecule has 1 N–H and O–H groups in total. The molecule has 24 heavy (non-hydrogen) atoms. The predicted octanol–water partition coefficient (Wildman–Crippen LogP) is 1.88. The van der Waals surface area contributed by atoms with Gasteiger partial charge in [0.1, 0.15) is 5.54 Å². The van der Waals surface area contributed by atoms with Crippen molar-refractivity contribution in [1.82, 2.24) is 15.1 Å². The number of aryl methyl sites for hydroxylation is 1. The molecule has 0 spiro atoms. The Hall–Kier alpha value is -1.40. The van der Waals surface area contributed by atoms with Gasteiger partial charge in [0, 0.05) is 32.6 Å². The van der Waals surface area contributed by atoms with Crippen molar-refractivity contribution in [2.24, 2.45) is 0 Å². The summed E-state index contributed by atoms with van der Waals surface area (Å²) in [5.74, 6) is 0.141. The van der Waals surface area contributed by atoms with Crippen molar-refractivity contribution in [3.63, 3.8) is 0 Å². The molecule has 2 heterocycles. The number of nitrogens with one attached hydrogen (secondary N) is 1. The fourth-order valence-electron chi connectivity index (χ4n) is 3.71. The van der Waals surface area contributed by atoms with Gasteiger partial charge >= 0.3 is 0 Å². The van der Waals surface area contributed by atoms with Crippen LogP contribution in [0.15, 0.2) is 16.8 Å². The average Bonchev–Trinajstić information content (AvgIpc) is 3.25. The van der Waals surface area contributed by atoms with E-state index in [0.717, 1.165) is 58.3 Å². The molecule has 2 fully saturated rings. The van der Waals surface area contributed by atoms with Gasteiger partial charge in [0.15, 0.2) is 0 Å². The van der Waals surface area contributed by atoms with Gasteiger partial charge in [0.2, 0.25) is 11.8 Å². The summed E-state index contributed by atoms with van der Waals surface area (Å²) < 4.78 is 0. The fourth-order valence-corrected chi connectivity index (χ4v) is 4.41. The lowest BCUT2D eigenvalue weighted by molar-refractivity contribution is -0.143. The van der Waals surface area contributed by atoms with Gasteiger partial charge in [0.05, 0.1) is 0 Å². The molecular formula is C18H27N3O2S. The zero-order chi connectivity index (χ0) is 17.0. The smallest absolute Gasteiger partial charge is 0.248 e. The maximum atomic E-state index is 13.1. The van der Waals surface area contributed by atoms with Crippen LogP contribution in [0.4, 0.5) is 0 Å². The summed E-state index contributed by atoms with van der Waals surface area (Å²) in [5, 5.41) is 7.23. The zero-order valence-electron chi connectivity index (χ0n) is 14.4. The minimum atomic E-state index is -0.651. The number of carbonyl (C=O) groups is 2. The fraction of sp³-hybridized carbons (Fsp3) is 0.667. The van der Waals surface area contributed by atoms with Crippen molar-refractivity contribution in [2.45, 2.75) is 44.1 Å². The summed E-state index contributed by atoms with van der Waals surface area (Å²) in [6.07, 6.45) is 4.79. The van der Waals surface area contributed by atoms with E-state index >= 15 is 0 Å². The van der Waals surface area contributed by atoms with Crippen molar-refractivity contribution >= 4 is 23.2 Å². The summed E-state index contributed by atoms with van der Waals surface area (Å²) in [4.78, 5) is 29.7. The van der Waals surface area contributed by atoms with Crippen molar-refractivity contribution in [1.29, 1.82) is 0 Å². The Morgan fingerprint density at radius 3 is 2.54 bits per heavy atom. The van der Waals surface area contributed by atoms with Crippen LogP contribution in [0, 0.1) is 0 Å². The molecule has 2 aliphatic rings. The van der Waals surface area contributed by atoms with E-state index in [1.807, 2.05) is 10.3 Å². The number of carbonyl (C=O) groups excluding carboxylic acids is 2. The molecule has 0 aromatic carbocycles. The minimum Gasteiger partial charge on any atom is -0.342 e. The van der Waals surface area contributed by atoms with Crippen molar-refractivity contribution in [3.05, 3.63) is 22.4 Å². The number of likely N-dealkylation sites (N-methyl/N-ethyl adjacent to an activating group) is 1. The monoisotopic (exact) mass is 349 g/mol. The number of thiophene rings is 1. The van der Waals surface area contributed by atoms with E-state index < -0.39 is 5.54 Å². The van der Waals surface area contributed by atoms with E-state index in [9.17, 15) is 9.59 Å². The van der Waals surface area contributed by atoms with E-state index in [1.54, 1.807) is 11.3 Å². The van der Waals surface area contributed by atoms with Gasteiger partial charge in [-0.1, -0.05) is 12.8 Å². The van der Waals surface area contributed by atoms with Gasteiger partial charge in [-0.3, -0.25) is 9.59 Å². The first-order valence-corrected chi connectivity index (χ1v) is 9.83. The quantitative estimate of drug-likeness (QED) is 0.883. The molecule has 3 rings (SSSR count). The highest BCUT2D eigenvalue weighted by molar-refractivity contribution is 7.07. The lowest BCUT2D eigenvalue weighted by Gasteiger charge is -2.39. The molecule has 1 saturated carbocycles. The van der Waals surface area contributed by atoms with Gasteiger partial charge in [-0.25, -0.2) is 0 Å². The number of hydrogen-bond acceptors (Lipinski definition) is 4. The number of nitrogens with zero attached hydrogens (tertiary/aromatic N) is 2. The molecule has 1 saturated heterocycles. The second-order valence-corrected chi connectivity index (χ2v) is 7.84. The average molecular weight is 350 g/mol. The van der Waals surface area contributed by atoms with Crippen LogP contribution in [-0.4, -0.2) is 60.4 Å². The van der Waals surface area contributed by atoms with E-state index in [2.05, 4.69) is 28.7 Å². The van der Waals surface area contributed by atoms with Crippen LogP contribution in [-0.2, 0) is 16.0 Å². The molecule has 1 aromatic heterocycles. The molecule has 0 atom stereocenters. The standard InChI is InChI=1S/C18H27N3O2S/c1-20-9-11-21(12-10-20)17(23)18(7-2-3-8-18)19-16(22)5-4-15-6-13-24-14-15/h6,13-14H,2-5,7-12H2,1H3,(H,19,22). The molecule has 1 aliphatic carbocycles. The molecule has 1 aromatic rings. The Morgan fingerprint density at radius 2 is 1.92 bits per heavy atom. The van der Waals surface area contributed by atoms with Crippen LogP contribution in [0.2, 0.25) is 0 Å². The lowest BCUT2D eigenvalue weighted by Crippen LogP contribution is -2.61. The Bertz CT molecular complexity index is 559. The highest BCUT2D eigenvalue weighted by atomic mass is 32.1. The van der Waals surface area contributed by atoms with E-state index in [4.69, 9.17) is 0 Å². The molecule has 1 aliphatic heterocycles. The van der Waals surface area contributed by atoms with Crippen molar-refractivity contribution < 1.29 is 9.59 Å². The summed E-state index contributed by atoms with van der Waals surface area (Å²) in [5.41, 5.74) is 0.544. The Kier molecular flexibility index (Phi) is 5.56. The first-order chi connectivity index (χ1) is 11.6. The number of amides is 2. The van der Waals surface area contributed by atoms with Crippen molar-refractivity contribution in [2.75, 3.05) is 33.2 Å². The van der Waals surface area contributed by atoms with E-state index in [1.165, 1.54) is 5.56 Å². The van der Waals surface area contributed by atoms with Gasteiger partial charge in [-0.05, 0) is 48.7 Å². The molecule has 0 unspecified atom stereocenters. The molecule has 2 amide bonds.